The number of sulfonamides is 1. The third-order valence-corrected chi connectivity index (χ3v) is 6.48. The molecule has 9 heteroatoms. The number of hydrogen-bond donors (Lipinski definition) is 1. The quantitative estimate of drug-likeness (QED) is 0.805. The number of aryl methyl sites for hydroxylation is 2. The Kier molecular flexibility index (Phi) is 5.20. The number of anilines is 2. The highest BCUT2D eigenvalue weighted by Crippen LogP contribution is 2.31. The van der Waals surface area contributed by atoms with E-state index in [4.69, 9.17) is 23.2 Å². The molecule has 1 fully saturated rings. The van der Waals surface area contributed by atoms with E-state index in [1.807, 2.05) is 19.9 Å². The van der Waals surface area contributed by atoms with Crippen LogP contribution >= 0.6 is 23.2 Å². The third-order valence-electron chi connectivity index (χ3n) is 4.18. The third kappa shape index (κ3) is 3.81. The van der Waals surface area contributed by atoms with E-state index in [9.17, 15) is 18.0 Å². The lowest BCUT2D eigenvalue weighted by molar-refractivity contribution is -0.116. The zero-order valence-electron chi connectivity index (χ0n) is 14.5. The Bertz CT molecular complexity index is 1040. The monoisotopic (exact) mass is 426 g/mol. The van der Waals surface area contributed by atoms with Gasteiger partial charge in [-0.1, -0.05) is 29.3 Å². The minimum Gasteiger partial charge on any atom is -0.320 e. The van der Waals surface area contributed by atoms with Crippen molar-refractivity contribution in [1.82, 2.24) is 0 Å². The van der Waals surface area contributed by atoms with Crippen LogP contribution < -0.4 is 9.62 Å². The summed E-state index contributed by atoms with van der Waals surface area (Å²) in [6.07, 6.45) is -0.0760. The van der Waals surface area contributed by atoms with E-state index in [1.165, 1.54) is 18.2 Å². The Balaban J connectivity index is 1.91. The molecular weight excluding hydrogens is 411 g/mol. The number of nitrogens with zero attached hydrogens (tertiary/aromatic N) is 1. The molecule has 0 spiro atoms. The molecule has 0 bridgehead atoms. The zero-order valence-corrected chi connectivity index (χ0v) is 16.9. The second-order valence-electron chi connectivity index (χ2n) is 6.28. The summed E-state index contributed by atoms with van der Waals surface area (Å²) in [5.74, 6) is -1.25. The molecule has 0 unspecified atom stereocenters. The van der Waals surface area contributed by atoms with Crippen molar-refractivity contribution in [2.45, 2.75) is 20.3 Å². The molecule has 27 heavy (non-hydrogen) atoms. The summed E-state index contributed by atoms with van der Waals surface area (Å²) in [5.41, 5.74) is 2.50. The van der Waals surface area contributed by atoms with Crippen LogP contribution in [-0.4, -0.2) is 26.0 Å². The van der Waals surface area contributed by atoms with Gasteiger partial charge in [0.2, 0.25) is 15.9 Å². The van der Waals surface area contributed by atoms with E-state index in [0.717, 1.165) is 15.4 Å². The van der Waals surface area contributed by atoms with Gasteiger partial charge in [0.15, 0.2) is 0 Å². The lowest BCUT2D eigenvalue weighted by atomic mass is 10.1. The van der Waals surface area contributed by atoms with Crippen molar-refractivity contribution in [1.29, 1.82) is 0 Å². The van der Waals surface area contributed by atoms with Gasteiger partial charge < -0.3 is 5.32 Å². The molecule has 1 heterocycles. The van der Waals surface area contributed by atoms with Gasteiger partial charge in [-0.2, -0.15) is 0 Å². The van der Waals surface area contributed by atoms with Gasteiger partial charge in [-0.25, -0.2) is 12.7 Å². The van der Waals surface area contributed by atoms with Crippen LogP contribution in [0.15, 0.2) is 30.3 Å². The van der Waals surface area contributed by atoms with Crippen LogP contribution in [0.1, 0.15) is 27.9 Å². The molecule has 142 valence electrons. The number of benzene rings is 2. The van der Waals surface area contributed by atoms with Crippen LogP contribution in [0.2, 0.25) is 10.0 Å². The van der Waals surface area contributed by atoms with Gasteiger partial charge in [-0.3, -0.25) is 9.59 Å². The lowest BCUT2D eigenvalue weighted by Crippen LogP contribution is -2.29. The Labute approximate surface area is 167 Å². The topological polar surface area (TPSA) is 83.6 Å². The molecule has 0 saturated carbocycles. The normalized spacial score (nSPS) is 15.9. The average Bonchev–Trinajstić information content (AvgIpc) is 2.83. The van der Waals surface area contributed by atoms with Crippen molar-refractivity contribution in [3.05, 3.63) is 57.1 Å². The fourth-order valence-corrected chi connectivity index (χ4v) is 5.02. The van der Waals surface area contributed by atoms with Gasteiger partial charge in [0.1, 0.15) is 0 Å². The number of amides is 2. The summed E-state index contributed by atoms with van der Waals surface area (Å²) in [4.78, 5) is 24.5. The molecule has 0 radical (unpaired) electrons. The minimum atomic E-state index is -3.70. The van der Waals surface area contributed by atoms with Gasteiger partial charge in [0.05, 0.1) is 32.7 Å². The lowest BCUT2D eigenvalue weighted by Gasteiger charge is -2.17. The highest BCUT2D eigenvalue weighted by Gasteiger charge is 2.36. The van der Waals surface area contributed by atoms with Gasteiger partial charge in [0.25, 0.3) is 5.91 Å². The van der Waals surface area contributed by atoms with Crippen LogP contribution in [0.5, 0.6) is 0 Å². The largest absolute Gasteiger partial charge is 0.320 e. The van der Waals surface area contributed by atoms with Gasteiger partial charge in [-0.05, 0) is 49.2 Å². The Morgan fingerprint density at radius 2 is 1.81 bits per heavy atom. The van der Waals surface area contributed by atoms with Crippen molar-refractivity contribution >= 4 is 56.4 Å². The van der Waals surface area contributed by atoms with E-state index in [1.54, 1.807) is 6.07 Å². The van der Waals surface area contributed by atoms with Crippen LogP contribution in [0.3, 0.4) is 0 Å². The van der Waals surface area contributed by atoms with E-state index in [-0.39, 0.29) is 28.4 Å². The molecule has 0 atom stereocenters. The molecule has 6 nitrogen and oxygen atoms in total. The molecule has 1 aliphatic heterocycles. The summed E-state index contributed by atoms with van der Waals surface area (Å²) in [6.45, 7) is 3.72. The van der Waals surface area contributed by atoms with E-state index < -0.39 is 21.8 Å². The SMILES string of the molecule is Cc1cc(C)c(NC(=O)c2ccc(N3C(=O)CCS3(=O)=O)cc2Cl)c(Cl)c1. The van der Waals surface area contributed by atoms with Crippen molar-refractivity contribution < 1.29 is 18.0 Å². The summed E-state index contributed by atoms with van der Waals surface area (Å²) >= 11 is 12.4. The highest BCUT2D eigenvalue weighted by atomic mass is 35.5. The second kappa shape index (κ2) is 7.14. The van der Waals surface area contributed by atoms with Gasteiger partial charge >= 0.3 is 0 Å². The predicted molar refractivity (Wildman–Crippen MR) is 106 cm³/mol. The van der Waals surface area contributed by atoms with E-state index >= 15 is 0 Å². The summed E-state index contributed by atoms with van der Waals surface area (Å²) in [7, 11) is -3.70. The van der Waals surface area contributed by atoms with Gasteiger partial charge in [-0.15, -0.1) is 0 Å². The Morgan fingerprint density at radius 1 is 1.11 bits per heavy atom. The molecule has 2 aromatic rings. The first-order valence-electron chi connectivity index (χ1n) is 8.03. The van der Waals surface area contributed by atoms with Crippen LogP contribution in [0.4, 0.5) is 11.4 Å². The maximum atomic E-state index is 12.6. The number of rotatable bonds is 3. The van der Waals surface area contributed by atoms with Gasteiger partial charge in [0, 0.05) is 6.42 Å². The van der Waals surface area contributed by atoms with Crippen LogP contribution in [-0.2, 0) is 14.8 Å². The minimum absolute atomic E-state index is 0.0285. The number of carbonyl (C=O) groups is 2. The smallest absolute Gasteiger partial charge is 0.257 e. The molecule has 0 aromatic heterocycles. The number of carbonyl (C=O) groups excluding carboxylic acids is 2. The fraction of sp³-hybridized carbons (Fsp3) is 0.222. The molecule has 3 rings (SSSR count). The standard InChI is InChI=1S/C18H16Cl2N2O4S/c1-10-7-11(2)17(15(20)8-10)21-18(24)13-4-3-12(9-14(13)19)22-16(23)5-6-27(22,25)26/h3-4,7-9H,5-6H2,1-2H3,(H,21,24). The van der Waals surface area contributed by atoms with Crippen molar-refractivity contribution in [3.63, 3.8) is 0 Å². The molecule has 0 aliphatic carbocycles. The molecule has 2 aromatic carbocycles. The Morgan fingerprint density at radius 3 is 2.37 bits per heavy atom. The Hall–Kier alpha value is -2.09. The zero-order chi connectivity index (χ0) is 19.9. The summed E-state index contributed by atoms with van der Waals surface area (Å²) < 4.78 is 24.8. The maximum Gasteiger partial charge on any atom is 0.257 e. The number of hydrogen-bond acceptors (Lipinski definition) is 4. The molecule has 1 saturated heterocycles. The maximum absolute atomic E-state index is 12.6. The fourth-order valence-electron chi connectivity index (χ4n) is 2.94. The molecular formula is C18H16Cl2N2O4S. The average molecular weight is 427 g/mol. The van der Waals surface area contributed by atoms with Crippen molar-refractivity contribution in [2.24, 2.45) is 0 Å². The first-order valence-corrected chi connectivity index (χ1v) is 10.4. The van der Waals surface area contributed by atoms with Crippen LogP contribution in [0, 0.1) is 13.8 Å². The van der Waals surface area contributed by atoms with Crippen LogP contribution in [0.25, 0.3) is 0 Å². The molecule has 2 amide bonds. The predicted octanol–water partition coefficient (Wildman–Crippen LogP) is 3.93. The number of nitrogens with one attached hydrogen (secondary N) is 1. The second-order valence-corrected chi connectivity index (χ2v) is 9.03. The number of halogens is 2. The van der Waals surface area contributed by atoms with E-state index in [2.05, 4.69) is 5.32 Å². The summed E-state index contributed by atoms with van der Waals surface area (Å²) in [6, 6.07) is 7.67. The van der Waals surface area contributed by atoms with Crippen molar-refractivity contribution in [2.75, 3.05) is 15.4 Å². The van der Waals surface area contributed by atoms with Crippen molar-refractivity contribution in [3.8, 4) is 0 Å². The van der Waals surface area contributed by atoms with E-state index in [0.29, 0.717) is 10.7 Å². The summed E-state index contributed by atoms with van der Waals surface area (Å²) in [5, 5.41) is 3.16. The molecule has 1 aliphatic rings. The first kappa shape index (κ1) is 19.7. The highest BCUT2D eigenvalue weighted by molar-refractivity contribution is 7.94. The first-order chi connectivity index (χ1) is 12.6. The molecule has 1 N–H and O–H groups in total.